The fraction of sp³-hybridized carbons (Fsp3) is 0.409. The van der Waals surface area contributed by atoms with E-state index < -0.39 is 23.0 Å². The summed E-state index contributed by atoms with van der Waals surface area (Å²) in [5.74, 6) is -1.64. The van der Waals surface area contributed by atoms with Crippen molar-refractivity contribution in [2.45, 2.75) is 32.4 Å². The van der Waals surface area contributed by atoms with Gasteiger partial charge in [-0.05, 0) is 31.9 Å². The Morgan fingerprint density at radius 1 is 1.16 bits per heavy atom. The van der Waals surface area contributed by atoms with Gasteiger partial charge < -0.3 is 23.4 Å². The quantitative estimate of drug-likeness (QED) is 0.640. The van der Waals surface area contributed by atoms with Gasteiger partial charge in [0.05, 0.1) is 17.7 Å². The number of hydrogen-bond acceptors (Lipinski definition) is 7. The zero-order valence-corrected chi connectivity index (χ0v) is 17.5. The van der Waals surface area contributed by atoms with Crippen LogP contribution in [-0.2, 0) is 6.54 Å². The number of carboxylic acids is 1. The molecule has 10 heteroatoms. The Morgan fingerprint density at radius 3 is 2.47 bits per heavy atom. The molecule has 0 bridgehead atoms. The van der Waals surface area contributed by atoms with Crippen molar-refractivity contribution in [1.29, 1.82) is 0 Å². The molecule has 2 aromatic heterocycles. The molecule has 3 aromatic rings. The standard InChI is InChI=1S/C22H22FN3O6/c1-12-19(32-22(30)31-12)11-24-4-6-25(7-5-24)18-9-17-14(8-16(18)23)20(27)15(21(28)29)10-26(17)13-2-3-13/h8-10,13H,2-7,11H2,1H3,(H,28,29). The molecule has 1 saturated heterocycles. The van der Waals surface area contributed by atoms with Gasteiger partial charge in [0, 0.05) is 43.8 Å². The number of anilines is 1. The Balaban J connectivity index is 1.43. The molecule has 0 atom stereocenters. The predicted molar refractivity (Wildman–Crippen MR) is 113 cm³/mol. The first-order chi connectivity index (χ1) is 15.3. The second kappa shape index (κ2) is 7.63. The van der Waals surface area contributed by atoms with Crippen LogP contribution in [-0.4, -0.2) is 46.7 Å². The number of fused-ring (bicyclic) bond motifs is 1. The summed E-state index contributed by atoms with van der Waals surface area (Å²) in [6.07, 6.45) is 3.17. The molecule has 1 aliphatic heterocycles. The highest BCUT2D eigenvalue weighted by molar-refractivity contribution is 5.93. The molecule has 0 spiro atoms. The highest BCUT2D eigenvalue weighted by Crippen LogP contribution is 2.38. The fourth-order valence-electron chi connectivity index (χ4n) is 4.28. The number of hydrogen-bond donors (Lipinski definition) is 1. The maximum Gasteiger partial charge on any atom is 0.519 e. The summed E-state index contributed by atoms with van der Waals surface area (Å²) in [7, 11) is 0. The molecule has 0 radical (unpaired) electrons. The number of carbonyl (C=O) groups is 1. The minimum Gasteiger partial charge on any atom is -0.477 e. The van der Waals surface area contributed by atoms with Crippen LogP contribution in [0.3, 0.4) is 0 Å². The number of aryl methyl sites for hydroxylation is 1. The molecule has 2 fully saturated rings. The number of halogens is 1. The van der Waals surface area contributed by atoms with Gasteiger partial charge in [-0.3, -0.25) is 9.69 Å². The molecule has 0 amide bonds. The second-order valence-corrected chi connectivity index (χ2v) is 8.33. The fourth-order valence-corrected chi connectivity index (χ4v) is 4.28. The average molecular weight is 443 g/mol. The van der Waals surface area contributed by atoms with Gasteiger partial charge in [0.2, 0.25) is 5.43 Å². The SMILES string of the molecule is Cc1oc(=O)oc1CN1CCN(c2cc3c(cc2F)c(=O)c(C(=O)O)cn3C2CC2)CC1. The van der Waals surface area contributed by atoms with E-state index >= 15 is 4.39 Å². The maximum atomic E-state index is 15.1. The van der Waals surface area contributed by atoms with Crippen molar-refractivity contribution < 1.29 is 23.1 Å². The Hall–Kier alpha value is -3.40. The molecular formula is C22H22FN3O6. The average Bonchev–Trinajstić information content (AvgIpc) is 3.54. The van der Waals surface area contributed by atoms with Crippen molar-refractivity contribution in [3.05, 3.63) is 62.1 Å². The smallest absolute Gasteiger partial charge is 0.477 e. The molecule has 9 nitrogen and oxygen atoms in total. The number of rotatable bonds is 5. The van der Waals surface area contributed by atoms with Crippen molar-refractivity contribution in [2.75, 3.05) is 31.1 Å². The van der Waals surface area contributed by atoms with Crippen LogP contribution < -0.4 is 16.2 Å². The Bertz CT molecular complexity index is 1330. The van der Waals surface area contributed by atoms with Crippen molar-refractivity contribution in [1.82, 2.24) is 9.47 Å². The van der Waals surface area contributed by atoms with Gasteiger partial charge in [-0.2, -0.15) is 0 Å². The third-order valence-electron chi connectivity index (χ3n) is 6.19. The van der Waals surface area contributed by atoms with Gasteiger partial charge in [0.25, 0.3) is 0 Å². The summed E-state index contributed by atoms with van der Waals surface area (Å²) in [5, 5.41) is 9.46. The lowest BCUT2D eigenvalue weighted by Gasteiger charge is -2.36. The lowest BCUT2D eigenvalue weighted by Crippen LogP contribution is -2.46. The molecule has 0 unspecified atom stereocenters. The van der Waals surface area contributed by atoms with Crippen molar-refractivity contribution in [3.63, 3.8) is 0 Å². The van der Waals surface area contributed by atoms with E-state index in [0.717, 1.165) is 18.9 Å². The first-order valence-corrected chi connectivity index (χ1v) is 10.5. The van der Waals surface area contributed by atoms with E-state index in [0.29, 0.717) is 55.4 Å². The molecular weight excluding hydrogens is 421 g/mol. The number of nitrogens with zero attached hydrogens (tertiary/aromatic N) is 3. The van der Waals surface area contributed by atoms with Crippen LogP contribution in [0.15, 0.2) is 36.8 Å². The predicted octanol–water partition coefficient (Wildman–Crippen LogP) is 2.35. The Morgan fingerprint density at radius 2 is 1.88 bits per heavy atom. The van der Waals surface area contributed by atoms with Crippen LogP contribution in [0.5, 0.6) is 0 Å². The van der Waals surface area contributed by atoms with E-state index in [9.17, 15) is 19.5 Å². The van der Waals surface area contributed by atoms with Crippen molar-refractivity contribution in [3.8, 4) is 0 Å². The zero-order chi connectivity index (χ0) is 22.6. The largest absolute Gasteiger partial charge is 0.519 e. The first kappa shape index (κ1) is 20.5. The highest BCUT2D eigenvalue weighted by Gasteiger charge is 2.28. The maximum absolute atomic E-state index is 15.1. The van der Waals surface area contributed by atoms with E-state index in [1.54, 1.807) is 17.6 Å². The number of piperazine rings is 1. The van der Waals surface area contributed by atoms with Crippen molar-refractivity contribution in [2.24, 2.45) is 0 Å². The van der Waals surface area contributed by atoms with Gasteiger partial charge in [-0.1, -0.05) is 0 Å². The molecule has 1 aliphatic carbocycles. The summed E-state index contributed by atoms with van der Waals surface area (Å²) in [5.41, 5.74) is -0.0693. The van der Waals surface area contributed by atoms with E-state index in [2.05, 4.69) is 4.90 Å². The van der Waals surface area contributed by atoms with Gasteiger partial charge in [0.15, 0.2) is 5.76 Å². The molecule has 1 N–H and O–H groups in total. The number of aromatic carboxylic acids is 1. The van der Waals surface area contributed by atoms with E-state index in [1.165, 1.54) is 6.20 Å². The summed E-state index contributed by atoms with van der Waals surface area (Å²) < 4.78 is 26.8. The van der Waals surface area contributed by atoms with E-state index in [1.807, 2.05) is 4.90 Å². The third kappa shape index (κ3) is 3.60. The lowest BCUT2D eigenvalue weighted by atomic mass is 10.1. The van der Waals surface area contributed by atoms with E-state index in [4.69, 9.17) is 8.83 Å². The molecule has 32 heavy (non-hydrogen) atoms. The third-order valence-corrected chi connectivity index (χ3v) is 6.19. The molecule has 2 aliphatic rings. The van der Waals surface area contributed by atoms with Crippen LogP contribution in [0.2, 0.25) is 0 Å². The second-order valence-electron chi connectivity index (χ2n) is 8.33. The van der Waals surface area contributed by atoms with Gasteiger partial charge >= 0.3 is 11.8 Å². The summed E-state index contributed by atoms with van der Waals surface area (Å²) in [6.45, 7) is 4.45. The molecule has 1 saturated carbocycles. The molecule has 168 valence electrons. The minimum atomic E-state index is -1.31. The monoisotopic (exact) mass is 443 g/mol. The first-order valence-electron chi connectivity index (χ1n) is 10.5. The van der Waals surface area contributed by atoms with E-state index in [-0.39, 0.29) is 17.0 Å². The van der Waals surface area contributed by atoms with Gasteiger partial charge in [-0.15, -0.1) is 0 Å². The topological polar surface area (TPSA) is 109 Å². The van der Waals surface area contributed by atoms with Crippen molar-refractivity contribution >= 4 is 22.6 Å². The number of aromatic nitrogens is 1. The van der Waals surface area contributed by atoms with Gasteiger partial charge in [-0.25, -0.2) is 14.0 Å². The molecule has 5 rings (SSSR count). The van der Waals surface area contributed by atoms with Crippen LogP contribution in [0.25, 0.3) is 10.9 Å². The minimum absolute atomic E-state index is 0.0853. The van der Waals surface area contributed by atoms with Crippen LogP contribution in [0, 0.1) is 12.7 Å². The molecule has 3 heterocycles. The summed E-state index contributed by atoms with van der Waals surface area (Å²) in [4.78, 5) is 39.4. The highest BCUT2D eigenvalue weighted by atomic mass is 19.1. The number of carboxylic acid groups (broad SMARTS) is 1. The van der Waals surface area contributed by atoms with Gasteiger partial charge in [0.1, 0.15) is 17.1 Å². The van der Waals surface area contributed by atoms with Crippen LogP contribution in [0.4, 0.5) is 10.1 Å². The van der Waals surface area contributed by atoms with Crippen LogP contribution in [0.1, 0.15) is 40.8 Å². The summed E-state index contributed by atoms with van der Waals surface area (Å²) in [6, 6.07) is 2.94. The Kier molecular flexibility index (Phi) is 4.89. The zero-order valence-electron chi connectivity index (χ0n) is 17.5. The lowest BCUT2D eigenvalue weighted by molar-refractivity contribution is 0.0695. The van der Waals surface area contributed by atoms with Crippen LogP contribution >= 0.6 is 0 Å². The number of pyridine rings is 1. The summed E-state index contributed by atoms with van der Waals surface area (Å²) >= 11 is 0. The Labute approximate surface area is 181 Å². The molecule has 1 aromatic carbocycles. The number of benzene rings is 1. The normalized spacial score (nSPS) is 17.2.